The highest BCUT2D eigenvalue weighted by Crippen LogP contribution is 2.37. The first-order valence-electron chi connectivity index (χ1n) is 14.2. The molecule has 1 atom stereocenters. The van der Waals surface area contributed by atoms with E-state index in [-0.39, 0.29) is 23.8 Å². The molecule has 1 aromatic heterocycles. The molecule has 0 N–H and O–H groups in total. The van der Waals surface area contributed by atoms with E-state index in [4.69, 9.17) is 37.4 Å². The van der Waals surface area contributed by atoms with Gasteiger partial charge in [0.2, 0.25) is 0 Å². The van der Waals surface area contributed by atoms with E-state index in [2.05, 4.69) is 4.99 Å². The molecule has 0 fully saturated rings. The molecule has 0 radical (unpaired) electrons. The third kappa shape index (κ3) is 6.62. The molecule has 2 heterocycles. The molecule has 228 valence electrons. The monoisotopic (exact) mass is 650 g/mol. The molecule has 0 amide bonds. The van der Waals surface area contributed by atoms with E-state index in [1.165, 1.54) is 15.9 Å². The summed E-state index contributed by atoms with van der Waals surface area (Å²) in [5.41, 5.74) is 3.84. The Morgan fingerprint density at radius 1 is 1.07 bits per heavy atom. The maximum absolute atomic E-state index is 14.1. The second-order valence-electron chi connectivity index (χ2n) is 10.6. The van der Waals surface area contributed by atoms with Crippen molar-refractivity contribution in [3.63, 3.8) is 0 Å². The number of nitrogens with zero attached hydrogens (tertiary/aromatic N) is 2. The van der Waals surface area contributed by atoms with Crippen LogP contribution >= 0.6 is 34.5 Å². The molecule has 10 heteroatoms. The van der Waals surface area contributed by atoms with Crippen molar-refractivity contribution in [1.82, 2.24) is 4.57 Å². The summed E-state index contributed by atoms with van der Waals surface area (Å²) in [6.07, 6.45) is 1.59. The minimum absolute atomic E-state index is 0.124. The van der Waals surface area contributed by atoms with Gasteiger partial charge in [-0.2, -0.15) is 0 Å². The first kappa shape index (κ1) is 31.6. The molecule has 0 spiro atoms. The fourth-order valence-electron chi connectivity index (χ4n) is 5.06. The number of hydrogen-bond acceptors (Lipinski definition) is 7. The zero-order valence-electron chi connectivity index (χ0n) is 25.0. The van der Waals surface area contributed by atoms with E-state index < -0.39 is 12.0 Å². The Kier molecular flexibility index (Phi) is 9.63. The lowest BCUT2D eigenvalue weighted by Crippen LogP contribution is -2.40. The van der Waals surface area contributed by atoms with Gasteiger partial charge in [-0.05, 0) is 70.0 Å². The first-order valence-corrected chi connectivity index (χ1v) is 15.8. The number of rotatable bonds is 9. The van der Waals surface area contributed by atoms with Crippen LogP contribution in [-0.2, 0) is 16.1 Å². The Bertz CT molecular complexity index is 1920. The summed E-state index contributed by atoms with van der Waals surface area (Å²) in [7, 11) is 0. The van der Waals surface area contributed by atoms with Gasteiger partial charge < -0.3 is 14.2 Å². The zero-order chi connectivity index (χ0) is 31.5. The highest BCUT2D eigenvalue weighted by atomic mass is 35.5. The SMILES string of the molecule is CCOC(=O)C1=C(C)N=c2s/c(=C/c3cc(Cl)c(OCc4cccc(C)c4)c(Cl)c3)c(=O)n2[C@H]1c1ccccc1OC(C)C. The summed E-state index contributed by atoms with van der Waals surface area (Å²) in [4.78, 5) is 32.4. The van der Waals surface area contributed by atoms with Crippen LogP contribution in [0.3, 0.4) is 0 Å². The number of ether oxygens (including phenoxy) is 3. The van der Waals surface area contributed by atoms with Gasteiger partial charge in [0.15, 0.2) is 10.6 Å². The predicted octanol–water partition coefficient (Wildman–Crippen LogP) is 6.78. The quantitative estimate of drug-likeness (QED) is 0.187. The minimum atomic E-state index is -0.799. The fraction of sp³-hybridized carbons (Fsp3) is 0.265. The third-order valence-corrected chi connectivity index (χ3v) is 8.42. The van der Waals surface area contributed by atoms with Gasteiger partial charge in [0.1, 0.15) is 18.4 Å². The van der Waals surface area contributed by atoms with Crippen molar-refractivity contribution in [3.8, 4) is 11.5 Å². The summed E-state index contributed by atoms with van der Waals surface area (Å²) in [6, 6.07) is 18.0. The maximum atomic E-state index is 14.1. The number of halogens is 2. The van der Waals surface area contributed by atoms with E-state index >= 15 is 0 Å². The van der Waals surface area contributed by atoms with Crippen molar-refractivity contribution < 1.29 is 19.0 Å². The van der Waals surface area contributed by atoms with Gasteiger partial charge >= 0.3 is 5.97 Å². The molecule has 0 saturated heterocycles. The van der Waals surface area contributed by atoms with Crippen LogP contribution in [0.25, 0.3) is 6.08 Å². The highest BCUT2D eigenvalue weighted by Gasteiger charge is 2.35. The highest BCUT2D eigenvalue weighted by molar-refractivity contribution is 7.07. The Labute approximate surface area is 269 Å². The molecule has 0 unspecified atom stereocenters. The number of carbonyl (C=O) groups is 1. The van der Waals surface area contributed by atoms with Crippen molar-refractivity contribution in [3.05, 3.63) is 124 Å². The van der Waals surface area contributed by atoms with Crippen LogP contribution in [-0.4, -0.2) is 23.2 Å². The third-order valence-electron chi connectivity index (χ3n) is 6.88. The molecule has 1 aliphatic heterocycles. The Morgan fingerprint density at radius 3 is 2.48 bits per heavy atom. The Morgan fingerprint density at radius 2 is 1.80 bits per heavy atom. The summed E-state index contributed by atoms with van der Waals surface area (Å²) in [5, 5.41) is 0.643. The van der Waals surface area contributed by atoms with Gasteiger partial charge in [-0.15, -0.1) is 0 Å². The largest absolute Gasteiger partial charge is 0.491 e. The fourth-order valence-corrected chi connectivity index (χ4v) is 6.72. The van der Waals surface area contributed by atoms with E-state index in [9.17, 15) is 9.59 Å². The average Bonchev–Trinajstić information content (AvgIpc) is 3.26. The van der Waals surface area contributed by atoms with Crippen LogP contribution in [0.5, 0.6) is 11.5 Å². The number of thiazole rings is 1. The molecule has 3 aromatic carbocycles. The van der Waals surface area contributed by atoms with Crippen molar-refractivity contribution >= 4 is 46.6 Å². The summed E-state index contributed by atoms with van der Waals surface area (Å²) < 4.78 is 19.4. The van der Waals surface area contributed by atoms with Gasteiger partial charge in [0.05, 0.1) is 38.6 Å². The normalized spacial score (nSPS) is 14.8. The van der Waals surface area contributed by atoms with Crippen LogP contribution in [0.1, 0.15) is 56.0 Å². The topological polar surface area (TPSA) is 79.1 Å². The summed E-state index contributed by atoms with van der Waals surface area (Å²) in [6.45, 7) is 9.84. The van der Waals surface area contributed by atoms with Crippen molar-refractivity contribution in [2.75, 3.05) is 6.61 Å². The molecular weight excluding hydrogens is 619 g/mol. The molecule has 0 saturated carbocycles. The molecule has 4 aromatic rings. The lowest BCUT2D eigenvalue weighted by molar-refractivity contribution is -0.139. The minimum Gasteiger partial charge on any atom is -0.491 e. The van der Waals surface area contributed by atoms with Crippen LogP contribution in [0.4, 0.5) is 0 Å². The molecule has 44 heavy (non-hydrogen) atoms. The second kappa shape index (κ2) is 13.4. The number of carbonyl (C=O) groups excluding carboxylic acids is 1. The van der Waals surface area contributed by atoms with Gasteiger partial charge in [0, 0.05) is 5.56 Å². The molecule has 7 nitrogen and oxygen atoms in total. The molecule has 0 aliphatic carbocycles. The smallest absolute Gasteiger partial charge is 0.338 e. The molecule has 1 aliphatic rings. The average molecular weight is 652 g/mol. The van der Waals surface area contributed by atoms with Crippen LogP contribution in [0.2, 0.25) is 10.0 Å². The number of fused-ring (bicyclic) bond motifs is 1. The number of esters is 1. The van der Waals surface area contributed by atoms with Gasteiger partial charge in [-0.3, -0.25) is 9.36 Å². The number of aryl methyl sites for hydroxylation is 1. The first-order chi connectivity index (χ1) is 21.1. The number of benzene rings is 3. The Balaban J connectivity index is 1.59. The van der Waals surface area contributed by atoms with Crippen molar-refractivity contribution in [1.29, 1.82) is 0 Å². The summed E-state index contributed by atoms with van der Waals surface area (Å²) in [5.74, 6) is 0.399. The van der Waals surface area contributed by atoms with Gasteiger partial charge in [-0.25, -0.2) is 9.79 Å². The van der Waals surface area contributed by atoms with Crippen LogP contribution in [0.15, 0.2) is 81.7 Å². The molecular formula is C34H32Cl2N2O5S. The van der Waals surface area contributed by atoms with Crippen LogP contribution < -0.4 is 24.4 Å². The lowest BCUT2D eigenvalue weighted by Gasteiger charge is -2.26. The molecule has 5 rings (SSSR count). The standard InChI is InChI=1S/C34H32Cl2N2O5S/c1-6-41-33(40)29-21(5)37-34-38(30(29)24-12-7-8-13-27(24)43-19(2)3)32(39)28(44-34)17-23-15-25(35)31(26(36)16-23)42-18-22-11-9-10-20(4)14-22/h7-17,19,30H,6,18H2,1-5H3/b28-17+/t30-/m0/s1. The predicted molar refractivity (Wildman–Crippen MR) is 175 cm³/mol. The van der Waals surface area contributed by atoms with E-state index in [1.807, 2.05) is 69.3 Å². The van der Waals surface area contributed by atoms with E-state index in [0.717, 1.165) is 11.1 Å². The van der Waals surface area contributed by atoms with Crippen LogP contribution in [0, 0.1) is 6.92 Å². The number of hydrogen-bond donors (Lipinski definition) is 0. The maximum Gasteiger partial charge on any atom is 0.338 e. The second-order valence-corrected chi connectivity index (χ2v) is 12.4. The lowest BCUT2D eigenvalue weighted by atomic mass is 9.95. The van der Waals surface area contributed by atoms with Gasteiger partial charge in [0.25, 0.3) is 5.56 Å². The summed E-state index contributed by atoms with van der Waals surface area (Å²) >= 11 is 14.4. The van der Waals surface area contributed by atoms with Crippen molar-refractivity contribution in [2.45, 2.75) is 53.4 Å². The zero-order valence-corrected chi connectivity index (χ0v) is 27.3. The number of aromatic nitrogens is 1. The van der Waals surface area contributed by atoms with E-state index in [1.54, 1.807) is 32.1 Å². The number of allylic oxidation sites excluding steroid dienone is 1. The van der Waals surface area contributed by atoms with E-state index in [0.29, 0.717) is 54.3 Å². The van der Waals surface area contributed by atoms with Crippen molar-refractivity contribution in [2.24, 2.45) is 4.99 Å². The molecule has 0 bridgehead atoms. The van der Waals surface area contributed by atoms with Gasteiger partial charge in [-0.1, -0.05) is 82.6 Å². The number of para-hydroxylation sites is 1. The Hall–Kier alpha value is -3.85.